The van der Waals surface area contributed by atoms with Gasteiger partial charge in [0.15, 0.2) is 0 Å². The molecule has 0 bridgehead atoms. The normalized spacial score (nSPS) is 11.6. The molecule has 0 aliphatic heterocycles. The summed E-state index contributed by atoms with van der Waals surface area (Å²) in [5.41, 5.74) is 0. The van der Waals surface area contributed by atoms with E-state index in [0.29, 0.717) is 0 Å². The molecule has 0 rings (SSSR count). The summed E-state index contributed by atoms with van der Waals surface area (Å²) >= 11 is -5.35. The summed E-state index contributed by atoms with van der Waals surface area (Å²) in [4.78, 5) is 0. The fraction of sp³-hybridized carbons (Fsp3) is 1.00. The Morgan fingerprint density at radius 1 is 1.43 bits per heavy atom. The van der Waals surface area contributed by atoms with Gasteiger partial charge in [-0.25, -0.2) is 0 Å². The first-order chi connectivity index (χ1) is 3.06. The van der Waals surface area contributed by atoms with Crippen LogP contribution in [0.3, 0.4) is 0 Å². The van der Waals surface area contributed by atoms with E-state index in [1.807, 2.05) is 0 Å². The Morgan fingerprint density at radius 3 is 1.86 bits per heavy atom. The maximum absolute atomic E-state index is 9.56. The van der Waals surface area contributed by atoms with Crippen LogP contribution in [0.25, 0.3) is 0 Å². The molecule has 0 aromatic carbocycles. The van der Waals surface area contributed by atoms with Crippen molar-refractivity contribution in [3.63, 3.8) is 0 Å². The summed E-state index contributed by atoms with van der Waals surface area (Å²) in [6.45, 7) is 1.41. The molecule has 0 amide bonds. The van der Waals surface area contributed by atoms with Gasteiger partial charge in [0, 0.05) is 0 Å². The van der Waals surface area contributed by atoms with Crippen molar-refractivity contribution in [3.8, 4) is 0 Å². The van der Waals surface area contributed by atoms with Gasteiger partial charge in [0.05, 0.1) is 0 Å². The molecular formula is C2H5MoO4. The van der Waals surface area contributed by atoms with E-state index in [9.17, 15) is 10.2 Å². The average Bonchev–Trinajstić information content (AvgIpc) is 1.30. The maximum atomic E-state index is 9.56. The molecule has 4 nitrogen and oxygen atoms in total. The number of hydrogen-bond acceptors (Lipinski definition) is 4. The van der Waals surface area contributed by atoms with Gasteiger partial charge in [0.25, 0.3) is 0 Å². The van der Waals surface area contributed by atoms with Crippen LogP contribution in [0.5, 0.6) is 0 Å². The van der Waals surface area contributed by atoms with Crippen LogP contribution in [-0.4, -0.2) is 6.61 Å². The van der Waals surface area contributed by atoms with Crippen molar-refractivity contribution in [3.05, 3.63) is 0 Å². The molecule has 0 saturated heterocycles. The summed E-state index contributed by atoms with van der Waals surface area (Å²) < 4.78 is 32.4. The van der Waals surface area contributed by atoms with Crippen LogP contribution in [0.15, 0.2) is 0 Å². The molecule has 0 unspecified atom stereocenters. The quantitative estimate of drug-likeness (QED) is 0.579. The van der Waals surface area contributed by atoms with E-state index in [4.69, 9.17) is 0 Å². The monoisotopic (exact) mass is 191 g/mol. The van der Waals surface area contributed by atoms with Gasteiger partial charge in [-0.05, 0) is 0 Å². The van der Waals surface area contributed by atoms with Gasteiger partial charge in [-0.15, -0.1) is 0 Å². The van der Waals surface area contributed by atoms with Crippen molar-refractivity contribution < 1.29 is 29.9 Å². The van der Waals surface area contributed by atoms with Gasteiger partial charge >= 0.3 is 43.4 Å². The Bertz CT molecular complexity index is 154. The van der Waals surface area contributed by atoms with Crippen LogP contribution in [0.1, 0.15) is 6.92 Å². The third-order valence-corrected chi connectivity index (χ3v) is 1.55. The number of hydrogen-bond donors (Lipinski definition) is 0. The fourth-order valence-electron chi connectivity index (χ4n) is 0.144. The van der Waals surface area contributed by atoms with Crippen LogP contribution in [0.4, 0.5) is 0 Å². The molecular weight excluding hydrogens is 184 g/mol. The van der Waals surface area contributed by atoms with Gasteiger partial charge in [0.2, 0.25) is 0 Å². The molecule has 0 aromatic heterocycles. The standard InChI is InChI=1S/C2H5O.Mo.3O/c1-2-3;;;;/h2H2,1H3;;;;/q-1;+1;;;. The Morgan fingerprint density at radius 2 is 1.86 bits per heavy atom. The van der Waals surface area contributed by atoms with E-state index in [1.165, 1.54) is 6.92 Å². The molecule has 5 heteroatoms. The molecule has 7 heavy (non-hydrogen) atoms. The van der Waals surface area contributed by atoms with E-state index < -0.39 is 16.3 Å². The average molecular weight is 189 g/mol. The first-order valence-electron chi connectivity index (χ1n) is 1.66. The topological polar surface area (TPSA) is 60.4 Å². The summed E-state index contributed by atoms with van der Waals surface area (Å²) in [6, 6.07) is 0. The molecule has 0 heterocycles. The van der Waals surface area contributed by atoms with Gasteiger partial charge in [0.1, 0.15) is 0 Å². The van der Waals surface area contributed by atoms with Crippen LogP contribution in [0.2, 0.25) is 0 Å². The Labute approximate surface area is 44.0 Å². The van der Waals surface area contributed by atoms with Crippen LogP contribution in [0, 0.1) is 0 Å². The Kier molecular flexibility index (Phi) is 2.40. The van der Waals surface area contributed by atoms with Crippen molar-refractivity contribution in [1.29, 1.82) is 0 Å². The van der Waals surface area contributed by atoms with Gasteiger partial charge < -0.3 is 0 Å². The zero-order chi connectivity index (χ0) is 5.91. The molecule has 0 fully saturated rings. The summed E-state index contributed by atoms with van der Waals surface area (Å²) in [5, 5.41) is 0. The zero-order valence-electron chi connectivity index (χ0n) is 3.75. The van der Waals surface area contributed by atoms with E-state index in [2.05, 4.69) is 3.39 Å². The molecule has 0 radical (unpaired) electrons. The Balaban J connectivity index is 3.87. The van der Waals surface area contributed by atoms with E-state index in [1.54, 1.807) is 0 Å². The van der Waals surface area contributed by atoms with E-state index in [-0.39, 0.29) is 6.61 Å². The van der Waals surface area contributed by atoms with Crippen LogP contribution in [-0.2, 0) is 29.9 Å². The minimum absolute atomic E-state index is 0.0440. The second-order valence-electron chi connectivity index (χ2n) is 0.815. The zero-order valence-corrected chi connectivity index (χ0v) is 5.76. The molecule has 43 valence electrons. The molecule has 0 aromatic rings. The van der Waals surface area contributed by atoms with Crippen molar-refractivity contribution in [2.75, 3.05) is 6.61 Å². The van der Waals surface area contributed by atoms with E-state index in [0.717, 1.165) is 0 Å². The van der Waals surface area contributed by atoms with Gasteiger partial charge in [-0.3, -0.25) is 0 Å². The van der Waals surface area contributed by atoms with Crippen molar-refractivity contribution in [2.45, 2.75) is 6.92 Å². The van der Waals surface area contributed by atoms with E-state index >= 15 is 0 Å². The fourth-order valence-corrected chi connectivity index (χ4v) is 0.854. The molecule has 0 aliphatic carbocycles. The predicted molar refractivity (Wildman–Crippen MR) is 13.7 cm³/mol. The second kappa shape index (κ2) is 2.38. The summed E-state index contributed by atoms with van der Waals surface area (Å²) in [5.74, 6) is 0. The van der Waals surface area contributed by atoms with Crippen molar-refractivity contribution in [2.24, 2.45) is 0 Å². The molecule has 0 spiro atoms. The van der Waals surface area contributed by atoms with Crippen molar-refractivity contribution >= 4 is 0 Å². The first kappa shape index (κ1) is 7.05. The van der Waals surface area contributed by atoms with Gasteiger partial charge in [-0.2, -0.15) is 0 Å². The molecule has 0 aliphatic rings. The van der Waals surface area contributed by atoms with Crippen LogP contribution < -0.4 is 0 Å². The summed E-state index contributed by atoms with van der Waals surface area (Å²) in [6.07, 6.45) is 0. The molecule has 0 saturated carbocycles. The van der Waals surface area contributed by atoms with Crippen LogP contribution >= 0.6 is 0 Å². The Hall–Kier alpha value is 0.0483. The summed E-state index contributed by atoms with van der Waals surface area (Å²) in [7, 11) is 0. The first-order valence-corrected chi connectivity index (χ1v) is 4.94. The third-order valence-electron chi connectivity index (χ3n) is 0.262. The third kappa shape index (κ3) is 6.05. The predicted octanol–water partition coefficient (Wildman–Crippen LogP) is 0.128. The molecule has 0 atom stereocenters. The second-order valence-corrected chi connectivity index (χ2v) is 3.40. The molecule has 0 N–H and O–H groups in total. The van der Waals surface area contributed by atoms with Crippen molar-refractivity contribution in [1.82, 2.24) is 0 Å². The SMILES string of the molecule is CC[O][Mo](=[O])(=[O])=[O]. The minimum atomic E-state index is -5.35. The number of rotatable bonds is 2. The van der Waals surface area contributed by atoms with Gasteiger partial charge in [-0.1, -0.05) is 0 Å².